The third-order valence-corrected chi connectivity index (χ3v) is 3.40. The normalized spacial score (nSPS) is 15.2. The third kappa shape index (κ3) is 3.24. The first-order valence-electron chi connectivity index (χ1n) is 6.27. The van der Waals surface area contributed by atoms with Crippen molar-refractivity contribution < 1.29 is 9.53 Å². The molecule has 98 valence electrons. The van der Waals surface area contributed by atoms with Crippen LogP contribution in [0.25, 0.3) is 0 Å². The second-order valence-electron chi connectivity index (χ2n) is 4.68. The van der Waals surface area contributed by atoms with Crippen molar-refractivity contribution in [2.45, 2.75) is 39.0 Å². The monoisotopic (exact) mass is 267 g/mol. The number of rotatable bonds is 5. The Morgan fingerprint density at radius 1 is 1.44 bits per heavy atom. The van der Waals surface area contributed by atoms with E-state index in [2.05, 4.69) is 5.32 Å². The molecule has 0 aromatic heterocycles. The van der Waals surface area contributed by atoms with E-state index in [1.807, 2.05) is 25.1 Å². The first-order valence-corrected chi connectivity index (χ1v) is 6.80. The van der Waals surface area contributed by atoms with E-state index in [0.717, 1.165) is 18.4 Å². The SMILES string of the molecule is CC(CCCCl)NC(=O)c1ccc2c(c1)COC2. The number of carbonyl (C=O) groups excluding carboxylic acids is 1. The lowest BCUT2D eigenvalue weighted by atomic mass is 10.1. The second-order valence-corrected chi connectivity index (χ2v) is 5.06. The Morgan fingerprint density at radius 3 is 3.00 bits per heavy atom. The van der Waals surface area contributed by atoms with E-state index < -0.39 is 0 Å². The van der Waals surface area contributed by atoms with E-state index in [-0.39, 0.29) is 11.9 Å². The van der Waals surface area contributed by atoms with Gasteiger partial charge in [0.25, 0.3) is 5.91 Å². The molecule has 0 saturated heterocycles. The molecule has 0 bridgehead atoms. The predicted octanol–water partition coefficient (Wildman–Crippen LogP) is 2.85. The first kappa shape index (κ1) is 13.4. The molecule has 3 nitrogen and oxygen atoms in total. The number of fused-ring (bicyclic) bond motifs is 1. The molecular weight excluding hydrogens is 250 g/mol. The van der Waals surface area contributed by atoms with E-state index in [4.69, 9.17) is 16.3 Å². The van der Waals surface area contributed by atoms with Gasteiger partial charge in [0.1, 0.15) is 0 Å². The summed E-state index contributed by atoms with van der Waals surface area (Å²) in [5.41, 5.74) is 3.01. The fourth-order valence-corrected chi connectivity index (χ4v) is 2.23. The van der Waals surface area contributed by atoms with Crippen molar-refractivity contribution in [2.75, 3.05) is 5.88 Å². The molecule has 1 heterocycles. The van der Waals surface area contributed by atoms with Crippen molar-refractivity contribution in [3.63, 3.8) is 0 Å². The third-order valence-electron chi connectivity index (χ3n) is 3.13. The summed E-state index contributed by atoms with van der Waals surface area (Å²) in [5, 5.41) is 2.98. The summed E-state index contributed by atoms with van der Waals surface area (Å²) in [7, 11) is 0. The van der Waals surface area contributed by atoms with Crippen LogP contribution in [0.3, 0.4) is 0 Å². The lowest BCUT2D eigenvalue weighted by Crippen LogP contribution is -2.32. The quantitative estimate of drug-likeness (QED) is 0.833. The first-order chi connectivity index (χ1) is 8.70. The topological polar surface area (TPSA) is 38.3 Å². The number of hydrogen-bond donors (Lipinski definition) is 1. The summed E-state index contributed by atoms with van der Waals surface area (Å²) in [5.74, 6) is 0.614. The Balaban J connectivity index is 1.96. The highest BCUT2D eigenvalue weighted by Gasteiger charge is 2.15. The number of amides is 1. The highest BCUT2D eigenvalue weighted by Crippen LogP contribution is 2.20. The lowest BCUT2D eigenvalue weighted by molar-refractivity contribution is 0.0938. The van der Waals surface area contributed by atoms with Crippen LogP contribution in [0, 0.1) is 0 Å². The van der Waals surface area contributed by atoms with Crippen LogP contribution in [0.4, 0.5) is 0 Å². The van der Waals surface area contributed by atoms with Gasteiger partial charge in [0.2, 0.25) is 0 Å². The summed E-state index contributed by atoms with van der Waals surface area (Å²) < 4.78 is 5.34. The van der Waals surface area contributed by atoms with Gasteiger partial charge >= 0.3 is 0 Å². The van der Waals surface area contributed by atoms with Crippen LogP contribution < -0.4 is 5.32 Å². The molecular formula is C14H18ClNO2. The van der Waals surface area contributed by atoms with Gasteiger partial charge in [0, 0.05) is 17.5 Å². The molecule has 0 saturated carbocycles. The second kappa shape index (κ2) is 6.21. The minimum Gasteiger partial charge on any atom is -0.372 e. The number of nitrogens with one attached hydrogen (secondary N) is 1. The van der Waals surface area contributed by atoms with Gasteiger partial charge in [-0.15, -0.1) is 11.6 Å². The zero-order valence-electron chi connectivity index (χ0n) is 10.5. The van der Waals surface area contributed by atoms with Gasteiger partial charge in [-0.2, -0.15) is 0 Å². The molecule has 1 amide bonds. The molecule has 0 spiro atoms. The zero-order valence-corrected chi connectivity index (χ0v) is 11.3. The molecule has 2 rings (SSSR count). The number of alkyl halides is 1. The van der Waals surface area contributed by atoms with Gasteiger partial charge in [0.05, 0.1) is 13.2 Å². The summed E-state index contributed by atoms with van der Waals surface area (Å²) in [6, 6.07) is 5.91. The van der Waals surface area contributed by atoms with Crippen molar-refractivity contribution in [3.05, 3.63) is 34.9 Å². The van der Waals surface area contributed by atoms with Crippen molar-refractivity contribution in [1.29, 1.82) is 0 Å². The fourth-order valence-electron chi connectivity index (χ4n) is 2.08. The molecule has 1 atom stereocenters. The number of benzene rings is 1. The Morgan fingerprint density at radius 2 is 2.22 bits per heavy atom. The van der Waals surface area contributed by atoms with Crippen molar-refractivity contribution in [3.8, 4) is 0 Å². The Hall–Kier alpha value is -1.06. The fraction of sp³-hybridized carbons (Fsp3) is 0.500. The van der Waals surface area contributed by atoms with Gasteiger partial charge < -0.3 is 10.1 Å². The largest absolute Gasteiger partial charge is 0.372 e. The standard InChI is InChI=1S/C14H18ClNO2/c1-10(3-2-6-15)16-14(17)11-4-5-12-8-18-9-13(12)7-11/h4-5,7,10H,2-3,6,8-9H2,1H3,(H,16,17). The summed E-state index contributed by atoms with van der Waals surface area (Å²) in [6.07, 6.45) is 1.82. The molecule has 1 N–H and O–H groups in total. The maximum Gasteiger partial charge on any atom is 0.251 e. The molecule has 1 unspecified atom stereocenters. The number of halogens is 1. The van der Waals surface area contributed by atoms with Crippen LogP contribution in [0.5, 0.6) is 0 Å². The molecule has 0 radical (unpaired) electrons. The van der Waals surface area contributed by atoms with E-state index in [1.54, 1.807) is 0 Å². The van der Waals surface area contributed by atoms with Crippen molar-refractivity contribution in [1.82, 2.24) is 5.32 Å². The molecule has 1 aromatic rings. The highest BCUT2D eigenvalue weighted by atomic mass is 35.5. The minimum atomic E-state index is -0.0215. The maximum absolute atomic E-state index is 12.0. The predicted molar refractivity (Wildman–Crippen MR) is 71.8 cm³/mol. The number of carbonyl (C=O) groups is 1. The minimum absolute atomic E-state index is 0.0215. The van der Waals surface area contributed by atoms with Crippen LogP contribution in [-0.2, 0) is 18.0 Å². The molecule has 0 fully saturated rings. The molecule has 0 aliphatic carbocycles. The molecule has 1 aliphatic rings. The highest BCUT2D eigenvalue weighted by molar-refractivity contribution is 6.17. The van der Waals surface area contributed by atoms with Crippen LogP contribution >= 0.6 is 11.6 Å². The van der Waals surface area contributed by atoms with Crippen LogP contribution in [0.1, 0.15) is 41.3 Å². The Kier molecular flexibility index (Phi) is 4.61. The van der Waals surface area contributed by atoms with Gasteiger partial charge in [0.15, 0.2) is 0 Å². The zero-order chi connectivity index (χ0) is 13.0. The maximum atomic E-state index is 12.0. The number of hydrogen-bond acceptors (Lipinski definition) is 2. The lowest BCUT2D eigenvalue weighted by Gasteiger charge is -2.13. The molecule has 1 aliphatic heterocycles. The van der Waals surface area contributed by atoms with Crippen molar-refractivity contribution in [2.24, 2.45) is 0 Å². The van der Waals surface area contributed by atoms with Gasteiger partial charge in [-0.25, -0.2) is 0 Å². The Labute approximate surface area is 112 Å². The summed E-state index contributed by atoms with van der Waals surface area (Å²) >= 11 is 5.64. The van der Waals surface area contributed by atoms with E-state index in [1.165, 1.54) is 5.56 Å². The van der Waals surface area contributed by atoms with E-state index >= 15 is 0 Å². The molecule has 18 heavy (non-hydrogen) atoms. The van der Waals surface area contributed by atoms with Gasteiger partial charge in [-0.3, -0.25) is 4.79 Å². The summed E-state index contributed by atoms with van der Waals surface area (Å²) in [4.78, 5) is 12.0. The average molecular weight is 268 g/mol. The van der Waals surface area contributed by atoms with E-state index in [9.17, 15) is 4.79 Å². The van der Waals surface area contributed by atoms with Crippen molar-refractivity contribution >= 4 is 17.5 Å². The molecule has 1 aromatic carbocycles. The van der Waals surface area contributed by atoms with E-state index in [0.29, 0.717) is 24.7 Å². The smallest absolute Gasteiger partial charge is 0.251 e. The summed E-state index contributed by atoms with van der Waals surface area (Å²) in [6.45, 7) is 3.27. The van der Waals surface area contributed by atoms with Crippen LogP contribution in [-0.4, -0.2) is 17.8 Å². The van der Waals surface area contributed by atoms with Gasteiger partial charge in [-0.05, 0) is 43.0 Å². The van der Waals surface area contributed by atoms with Crippen LogP contribution in [0.15, 0.2) is 18.2 Å². The average Bonchev–Trinajstić information content (AvgIpc) is 2.83. The van der Waals surface area contributed by atoms with Crippen LogP contribution in [0.2, 0.25) is 0 Å². The Bertz CT molecular complexity index is 434. The van der Waals surface area contributed by atoms with Gasteiger partial charge in [-0.1, -0.05) is 6.07 Å². The number of ether oxygens (including phenoxy) is 1. The molecule has 4 heteroatoms.